The zero-order chi connectivity index (χ0) is 30.5. The lowest BCUT2D eigenvalue weighted by molar-refractivity contribution is -0.120. The maximum Gasteiger partial charge on any atom is 0.255 e. The Balaban J connectivity index is 1.01. The van der Waals surface area contributed by atoms with E-state index in [1.165, 1.54) is 22.7 Å². The minimum absolute atomic E-state index is 0.0958. The Morgan fingerprint density at radius 3 is 1.39 bits per heavy atom. The van der Waals surface area contributed by atoms with Crippen molar-refractivity contribution in [3.8, 4) is 0 Å². The highest BCUT2D eigenvalue weighted by atomic mass is 32.1. The van der Waals surface area contributed by atoms with Crippen molar-refractivity contribution in [3.63, 3.8) is 0 Å². The minimum Gasteiger partial charge on any atom is -0.327 e. The molecule has 4 aromatic rings. The third kappa shape index (κ3) is 6.66. The Morgan fingerprint density at radius 2 is 1.02 bits per heavy atom. The number of carbonyl (C=O) groups excluding carboxylic acids is 4. The molecule has 2 aromatic carbocycles. The Hall–Kier alpha value is -4.54. The van der Waals surface area contributed by atoms with E-state index < -0.39 is 12.1 Å². The molecule has 2 fully saturated rings. The monoisotopic (exact) mass is 624 g/mol. The molecule has 0 aliphatic carbocycles. The van der Waals surface area contributed by atoms with Gasteiger partial charge in [0, 0.05) is 35.2 Å². The second kappa shape index (κ2) is 13.4. The quantitative estimate of drug-likeness (QED) is 0.220. The van der Waals surface area contributed by atoms with E-state index in [2.05, 4.69) is 10.6 Å². The molecule has 224 valence electrons. The van der Waals surface area contributed by atoms with E-state index in [4.69, 9.17) is 0 Å². The molecule has 2 aromatic heterocycles. The van der Waals surface area contributed by atoms with Crippen LogP contribution in [0.1, 0.15) is 57.5 Å². The maximum absolute atomic E-state index is 13.0. The molecule has 8 nitrogen and oxygen atoms in total. The van der Waals surface area contributed by atoms with Gasteiger partial charge in [0.05, 0.1) is 11.1 Å². The van der Waals surface area contributed by atoms with E-state index in [0.29, 0.717) is 48.4 Å². The number of amides is 4. The van der Waals surface area contributed by atoms with Crippen molar-refractivity contribution >= 4 is 69.8 Å². The first-order valence-electron chi connectivity index (χ1n) is 14.6. The summed E-state index contributed by atoms with van der Waals surface area (Å²) in [5.74, 6) is -0.532. The lowest BCUT2D eigenvalue weighted by Gasteiger charge is -2.23. The molecule has 0 saturated carbocycles. The summed E-state index contributed by atoms with van der Waals surface area (Å²) in [7, 11) is 0. The highest BCUT2D eigenvalue weighted by Gasteiger charge is 2.35. The van der Waals surface area contributed by atoms with Gasteiger partial charge < -0.3 is 20.4 Å². The number of benzene rings is 2. The van der Waals surface area contributed by atoms with Gasteiger partial charge >= 0.3 is 0 Å². The van der Waals surface area contributed by atoms with Crippen molar-refractivity contribution in [2.75, 3.05) is 23.7 Å². The Labute approximate surface area is 264 Å². The number of carbonyl (C=O) groups is 4. The van der Waals surface area contributed by atoms with E-state index >= 15 is 0 Å². The van der Waals surface area contributed by atoms with Crippen LogP contribution in [0.4, 0.5) is 11.4 Å². The second-order valence-corrected chi connectivity index (χ2v) is 12.5. The molecule has 2 unspecified atom stereocenters. The lowest BCUT2D eigenvalue weighted by atomic mass is 10.1. The largest absolute Gasteiger partial charge is 0.327 e. The third-order valence-corrected chi connectivity index (χ3v) is 9.36. The Kier molecular flexibility index (Phi) is 8.99. The molecule has 4 amide bonds. The Bertz CT molecular complexity index is 1520. The number of anilines is 2. The highest BCUT2D eigenvalue weighted by molar-refractivity contribution is 7.08. The molecule has 4 heterocycles. The smallest absolute Gasteiger partial charge is 0.255 e. The number of hydrogen-bond donors (Lipinski definition) is 2. The topological polar surface area (TPSA) is 98.8 Å². The van der Waals surface area contributed by atoms with E-state index in [9.17, 15) is 19.2 Å². The fraction of sp³-hybridized carbons (Fsp3) is 0.235. The third-order valence-electron chi connectivity index (χ3n) is 7.99. The van der Waals surface area contributed by atoms with E-state index in [1.807, 2.05) is 82.2 Å². The zero-order valence-corrected chi connectivity index (χ0v) is 25.6. The van der Waals surface area contributed by atoms with Crippen LogP contribution in [0.5, 0.6) is 0 Å². The molecular formula is C34H32N4O4S2. The van der Waals surface area contributed by atoms with Crippen LogP contribution in [0.25, 0.3) is 12.2 Å². The zero-order valence-electron chi connectivity index (χ0n) is 24.0. The van der Waals surface area contributed by atoms with Gasteiger partial charge in [-0.05, 0) is 84.0 Å². The van der Waals surface area contributed by atoms with Crippen LogP contribution in [-0.4, -0.2) is 58.6 Å². The first-order chi connectivity index (χ1) is 21.5. The van der Waals surface area contributed by atoms with Crippen LogP contribution >= 0.6 is 22.7 Å². The first-order valence-corrected chi connectivity index (χ1v) is 16.5. The Morgan fingerprint density at radius 1 is 0.614 bits per heavy atom. The van der Waals surface area contributed by atoms with Crippen LogP contribution in [0.3, 0.4) is 0 Å². The molecule has 10 heteroatoms. The van der Waals surface area contributed by atoms with E-state index in [-0.39, 0.29) is 23.6 Å². The van der Waals surface area contributed by atoms with Crippen molar-refractivity contribution in [1.82, 2.24) is 9.80 Å². The van der Waals surface area contributed by atoms with Gasteiger partial charge in [-0.25, -0.2) is 0 Å². The van der Waals surface area contributed by atoms with Crippen LogP contribution in [-0.2, 0) is 9.59 Å². The molecule has 6 rings (SSSR count). The fourth-order valence-corrected chi connectivity index (χ4v) is 6.93. The predicted octanol–water partition coefficient (Wildman–Crippen LogP) is 6.47. The van der Waals surface area contributed by atoms with Crippen LogP contribution in [0.15, 0.2) is 82.2 Å². The van der Waals surface area contributed by atoms with Gasteiger partial charge in [0.15, 0.2) is 0 Å². The fourth-order valence-electron chi connectivity index (χ4n) is 5.67. The number of thiophene rings is 2. The summed E-state index contributed by atoms with van der Waals surface area (Å²) < 4.78 is 0. The van der Waals surface area contributed by atoms with Gasteiger partial charge in [-0.15, -0.1) is 0 Å². The van der Waals surface area contributed by atoms with Gasteiger partial charge in [-0.1, -0.05) is 36.4 Å². The highest BCUT2D eigenvalue weighted by Crippen LogP contribution is 2.25. The van der Waals surface area contributed by atoms with Crippen LogP contribution < -0.4 is 10.6 Å². The molecule has 0 spiro atoms. The van der Waals surface area contributed by atoms with E-state index in [0.717, 1.165) is 24.0 Å². The maximum atomic E-state index is 13.0. The molecule has 44 heavy (non-hydrogen) atoms. The summed E-state index contributed by atoms with van der Waals surface area (Å²) in [6.07, 6.45) is 6.87. The molecule has 0 radical (unpaired) electrons. The average molecular weight is 625 g/mol. The van der Waals surface area contributed by atoms with Crippen molar-refractivity contribution < 1.29 is 19.2 Å². The van der Waals surface area contributed by atoms with Crippen LogP contribution in [0.2, 0.25) is 0 Å². The number of rotatable bonds is 8. The summed E-state index contributed by atoms with van der Waals surface area (Å²) in [6.45, 7) is 1.17. The molecule has 2 aliphatic heterocycles. The number of likely N-dealkylation sites (tertiary alicyclic amines) is 2. The standard InChI is InChI=1S/C34H32N4O4S2/c39-31(29-3-1-17-37(29)33(41)25-15-19-43-21-25)35-27-11-7-23(8-12-27)5-6-24-9-13-28(14-10-24)36-32(40)30-4-2-18-38(30)34(42)26-16-20-44-22-26/h5-16,19-22,29-30H,1-4,17-18H2,(H,35,39)(H,36,40)/b6-5+. The van der Waals surface area contributed by atoms with E-state index in [1.54, 1.807) is 21.9 Å². The summed E-state index contributed by atoms with van der Waals surface area (Å²) >= 11 is 2.94. The predicted molar refractivity (Wildman–Crippen MR) is 176 cm³/mol. The molecule has 2 saturated heterocycles. The molecule has 0 bridgehead atoms. The summed E-state index contributed by atoms with van der Waals surface area (Å²) in [5, 5.41) is 13.3. The molecular weight excluding hydrogens is 593 g/mol. The van der Waals surface area contributed by atoms with Crippen molar-refractivity contribution in [2.24, 2.45) is 0 Å². The van der Waals surface area contributed by atoms with Crippen molar-refractivity contribution in [2.45, 2.75) is 37.8 Å². The molecule has 2 atom stereocenters. The summed E-state index contributed by atoms with van der Waals surface area (Å²) in [6, 6.07) is 17.8. The average Bonchev–Trinajstić information content (AvgIpc) is 3.88. The van der Waals surface area contributed by atoms with Gasteiger partial charge in [0.2, 0.25) is 11.8 Å². The van der Waals surface area contributed by atoms with Gasteiger partial charge in [0.1, 0.15) is 12.1 Å². The van der Waals surface area contributed by atoms with Crippen molar-refractivity contribution in [3.05, 3.63) is 104 Å². The number of nitrogens with one attached hydrogen (secondary N) is 2. The van der Waals surface area contributed by atoms with Gasteiger partial charge in [-0.3, -0.25) is 19.2 Å². The van der Waals surface area contributed by atoms with Gasteiger partial charge in [-0.2, -0.15) is 22.7 Å². The molecule has 2 aliphatic rings. The minimum atomic E-state index is -0.472. The SMILES string of the molecule is O=C(Nc1ccc(/C=C/c2ccc(NC(=O)C3CCCN3C(=O)c3ccsc3)cc2)cc1)C1CCCN1C(=O)c1ccsc1. The number of hydrogen-bond acceptors (Lipinski definition) is 6. The number of nitrogens with zero attached hydrogens (tertiary/aromatic N) is 2. The van der Waals surface area contributed by atoms with Crippen molar-refractivity contribution in [1.29, 1.82) is 0 Å². The van der Waals surface area contributed by atoms with Gasteiger partial charge in [0.25, 0.3) is 11.8 Å². The lowest BCUT2D eigenvalue weighted by Crippen LogP contribution is -2.43. The normalized spacial score (nSPS) is 18.1. The van der Waals surface area contributed by atoms with Crippen LogP contribution in [0, 0.1) is 0 Å². The summed E-state index contributed by atoms with van der Waals surface area (Å²) in [4.78, 5) is 55.0. The summed E-state index contributed by atoms with van der Waals surface area (Å²) in [5.41, 5.74) is 4.55. The first kappa shape index (κ1) is 29.5. The second-order valence-electron chi connectivity index (χ2n) is 10.9. The molecule has 2 N–H and O–H groups in total.